The van der Waals surface area contributed by atoms with Crippen LogP contribution in [0.5, 0.6) is 5.75 Å². The molecule has 5 heteroatoms. The summed E-state index contributed by atoms with van der Waals surface area (Å²) in [4.78, 5) is 23.9. The van der Waals surface area contributed by atoms with Crippen molar-refractivity contribution in [2.75, 3.05) is 20.2 Å². The van der Waals surface area contributed by atoms with Crippen LogP contribution in [0.25, 0.3) is 11.0 Å². The molecule has 2 heterocycles. The van der Waals surface area contributed by atoms with Gasteiger partial charge in [-0.15, -0.1) is 0 Å². The van der Waals surface area contributed by atoms with Crippen molar-refractivity contribution < 1.29 is 9.53 Å². The van der Waals surface area contributed by atoms with E-state index in [2.05, 4.69) is 28.2 Å². The molecular weight excluding hydrogens is 410 g/mol. The minimum Gasteiger partial charge on any atom is -0.496 e. The van der Waals surface area contributed by atoms with Crippen molar-refractivity contribution in [1.29, 1.82) is 0 Å². The van der Waals surface area contributed by atoms with Crippen molar-refractivity contribution >= 4 is 16.9 Å². The Hall–Kier alpha value is -2.95. The zero-order valence-electron chi connectivity index (χ0n) is 19.5. The maximum absolute atomic E-state index is 13.0. The van der Waals surface area contributed by atoms with Crippen molar-refractivity contribution in [2.45, 2.75) is 51.4 Å². The summed E-state index contributed by atoms with van der Waals surface area (Å²) in [7, 11) is 1.78. The molecule has 0 radical (unpaired) electrons. The minimum atomic E-state index is -0.00463. The Bertz CT molecular complexity index is 1120. The Morgan fingerprint density at radius 2 is 1.70 bits per heavy atom. The number of methoxy groups -OCH3 is 1. The van der Waals surface area contributed by atoms with Crippen LogP contribution in [0.3, 0.4) is 0 Å². The number of ether oxygens (including phenoxy) is 1. The third-order valence-electron chi connectivity index (χ3n) is 7.42. The second kappa shape index (κ2) is 9.90. The highest BCUT2D eigenvalue weighted by atomic mass is 16.5. The molecule has 1 saturated carbocycles. The average molecular weight is 444 g/mol. The van der Waals surface area contributed by atoms with Gasteiger partial charge in [0.2, 0.25) is 0 Å². The standard InChI is InChI=1S/C28H33N3O2/c1-33-27-11-10-22(18-23(27)17-20-6-2-3-7-20)16-21-12-14-31(15-13-21)28(32)26-19-29-24-8-4-5-9-25(24)30-26/h4-5,8-11,18-21H,2-3,6-7,12-17H2,1H3. The number of hydrogen-bond donors (Lipinski definition) is 0. The number of fused-ring (bicyclic) bond motifs is 1. The summed E-state index contributed by atoms with van der Waals surface area (Å²) in [5.74, 6) is 2.43. The highest BCUT2D eigenvalue weighted by molar-refractivity contribution is 5.93. The van der Waals surface area contributed by atoms with E-state index < -0.39 is 0 Å². The summed E-state index contributed by atoms with van der Waals surface area (Å²) in [5.41, 5.74) is 4.79. The van der Waals surface area contributed by atoms with Crippen LogP contribution in [-0.4, -0.2) is 41.0 Å². The SMILES string of the molecule is COc1ccc(CC2CCN(C(=O)c3cnc4ccccc4n3)CC2)cc1CC1CCCC1. The lowest BCUT2D eigenvalue weighted by atomic mass is 9.88. The highest BCUT2D eigenvalue weighted by Crippen LogP contribution is 2.32. The van der Waals surface area contributed by atoms with E-state index in [0.717, 1.165) is 61.5 Å². The van der Waals surface area contributed by atoms with E-state index in [1.807, 2.05) is 29.2 Å². The third kappa shape index (κ3) is 5.02. The van der Waals surface area contributed by atoms with Gasteiger partial charge in [0.25, 0.3) is 5.91 Å². The normalized spacial score (nSPS) is 17.5. The summed E-state index contributed by atoms with van der Waals surface area (Å²) >= 11 is 0. The molecular formula is C28H33N3O2. The number of carbonyl (C=O) groups is 1. The number of likely N-dealkylation sites (tertiary alicyclic amines) is 1. The number of aromatic nitrogens is 2. The van der Waals surface area contributed by atoms with E-state index in [9.17, 15) is 4.79 Å². The number of benzene rings is 2. The fourth-order valence-corrected chi connectivity index (χ4v) is 5.54. The first-order valence-corrected chi connectivity index (χ1v) is 12.4. The fraction of sp³-hybridized carbons (Fsp3) is 0.464. The Morgan fingerprint density at radius 3 is 2.45 bits per heavy atom. The van der Waals surface area contributed by atoms with Gasteiger partial charge in [-0.2, -0.15) is 0 Å². The Morgan fingerprint density at radius 1 is 0.970 bits per heavy atom. The topological polar surface area (TPSA) is 55.3 Å². The molecule has 0 spiro atoms. The predicted molar refractivity (Wildman–Crippen MR) is 131 cm³/mol. The molecule has 1 aromatic heterocycles. The van der Waals surface area contributed by atoms with Crippen LogP contribution in [0.15, 0.2) is 48.7 Å². The van der Waals surface area contributed by atoms with Crippen LogP contribution < -0.4 is 4.74 Å². The van der Waals surface area contributed by atoms with Gasteiger partial charge in [-0.3, -0.25) is 9.78 Å². The number of rotatable bonds is 6. The average Bonchev–Trinajstić information content (AvgIpc) is 3.37. The second-order valence-corrected chi connectivity index (χ2v) is 9.68. The van der Waals surface area contributed by atoms with Crippen LogP contribution >= 0.6 is 0 Å². The van der Waals surface area contributed by atoms with Crippen molar-refractivity contribution in [3.8, 4) is 5.75 Å². The second-order valence-electron chi connectivity index (χ2n) is 9.68. The molecule has 1 aliphatic heterocycles. The largest absolute Gasteiger partial charge is 0.496 e. The van der Waals surface area contributed by atoms with E-state index >= 15 is 0 Å². The maximum atomic E-state index is 13.0. The summed E-state index contributed by atoms with van der Waals surface area (Å²) in [6.07, 6.45) is 11.3. The lowest BCUT2D eigenvalue weighted by Gasteiger charge is -2.32. The van der Waals surface area contributed by atoms with Crippen LogP contribution in [0.1, 0.15) is 60.1 Å². The molecule has 0 bridgehead atoms. The van der Waals surface area contributed by atoms with Gasteiger partial charge in [0, 0.05) is 13.1 Å². The first-order valence-electron chi connectivity index (χ1n) is 12.4. The Labute approximate surface area is 196 Å². The number of hydrogen-bond acceptors (Lipinski definition) is 4. The Balaban J connectivity index is 1.20. The van der Waals surface area contributed by atoms with Crippen molar-refractivity contribution in [2.24, 2.45) is 11.8 Å². The summed E-state index contributed by atoms with van der Waals surface area (Å²) in [5, 5.41) is 0. The van der Waals surface area contributed by atoms with Crippen molar-refractivity contribution in [1.82, 2.24) is 14.9 Å². The molecule has 0 N–H and O–H groups in total. The summed E-state index contributed by atoms with van der Waals surface area (Å²) in [6, 6.07) is 14.4. The third-order valence-corrected chi connectivity index (χ3v) is 7.42. The predicted octanol–water partition coefficient (Wildman–Crippen LogP) is 5.47. The number of nitrogens with zero attached hydrogens (tertiary/aromatic N) is 3. The van der Waals surface area contributed by atoms with Gasteiger partial charge in [-0.25, -0.2) is 4.98 Å². The van der Waals surface area contributed by atoms with E-state index in [-0.39, 0.29) is 5.91 Å². The monoisotopic (exact) mass is 443 g/mol. The van der Waals surface area contributed by atoms with Crippen molar-refractivity contribution in [3.05, 3.63) is 65.5 Å². The zero-order valence-corrected chi connectivity index (χ0v) is 19.5. The molecule has 0 unspecified atom stereocenters. The molecule has 5 nitrogen and oxygen atoms in total. The number of para-hydroxylation sites is 2. The van der Waals surface area contributed by atoms with Crippen LogP contribution in [0, 0.1) is 11.8 Å². The van der Waals surface area contributed by atoms with Gasteiger partial charge >= 0.3 is 0 Å². The first kappa shape index (κ1) is 21.9. The van der Waals surface area contributed by atoms with Crippen LogP contribution in [0.4, 0.5) is 0 Å². The maximum Gasteiger partial charge on any atom is 0.274 e. The zero-order chi connectivity index (χ0) is 22.6. The fourth-order valence-electron chi connectivity index (χ4n) is 5.54. The number of amides is 1. The van der Waals surface area contributed by atoms with Gasteiger partial charge in [0.05, 0.1) is 24.3 Å². The van der Waals surface area contributed by atoms with Gasteiger partial charge in [0.1, 0.15) is 11.4 Å². The quantitative estimate of drug-likeness (QED) is 0.507. The summed E-state index contributed by atoms with van der Waals surface area (Å²) < 4.78 is 5.65. The van der Waals surface area contributed by atoms with E-state index in [1.165, 1.54) is 36.8 Å². The first-order chi connectivity index (χ1) is 16.2. The molecule has 5 rings (SSSR count). The molecule has 33 heavy (non-hydrogen) atoms. The molecule has 0 atom stereocenters. The van der Waals surface area contributed by atoms with Crippen molar-refractivity contribution in [3.63, 3.8) is 0 Å². The number of carbonyl (C=O) groups excluding carboxylic acids is 1. The molecule has 3 aromatic rings. The van der Waals surface area contributed by atoms with E-state index in [0.29, 0.717) is 11.6 Å². The van der Waals surface area contributed by atoms with Gasteiger partial charge < -0.3 is 9.64 Å². The lowest BCUT2D eigenvalue weighted by molar-refractivity contribution is 0.0684. The number of piperidine rings is 1. The molecule has 2 aromatic carbocycles. The Kier molecular flexibility index (Phi) is 6.56. The van der Waals surface area contributed by atoms with Crippen LogP contribution in [-0.2, 0) is 12.8 Å². The molecule has 172 valence electrons. The van der Waals surface area contributed by atoms with E-state index in [1.54, 1.807) is 13.3 Å². The molecule has 2 fully saturated rings. The molecule has 1 aliphatic carbocycles. The van der Waals surface area contributed by atoms with Gasteiger partial charge in [-0.05, 0) is 66.8 Å². The van der Waals surface area contributed by atoms with Crippen LogP contribution in [0.2, 0.25) is 0 Å². The lowest BCUT2D eigenvalue weighted by Crippen LogP contribution is -2.39. The van der Waals surface area contributed by atoms with Gasteiger partial charge in [-0.1, -0.05) is 49.9 Å². The van der Waals surface area contributed by atoms with Gasteiger partial charge in [0.15, 0.2) is 0 Å². The van der Waals surface area contributed by atoms with E-state index in [4.69, 9.17) is 4.74 Å². The molecule has 1 saturated heterocycles. The minimum absolute atomic E-state index is 0.00463. The summed E-state index contributed by atoms with van der Waals surface area (Å²) in [6.45, 7) is 1.56. The highest BCUT2D eigenvalue weighted by Gasteiger charge is 2.25. The molecule has 2 aliphatic rings. The molecule has 1 amide bonds. The smallest absolute Gasteiger partial charge is 0.274 e.